The Morgan fingerprint density at radius 3 is 2.55 bits per heavy atom. The average Bonchev–Trinajstić information content (AvgIpc) is 3.28. The number of piperidine rings is 1. The van der Waals surface area contributed by atoms with Crippen molar-refractivity contribution in [2.45, 2.75) is 29.4 Å². The van der Waals surface area contributed by atoms with E-state index < -0.39 is 15.1 Å². The number of nitrogens with zero attached hydrogens (tertiary/aromatic N) is 1. The summed E-state index contributed by atoms with van der Waals surface area (Å²) in [4.78, 5) is 14.3. The van der Waals surface area contributed by atoms with Gasteiger partial charge in [-0.25, -0.2) is 13.2 Å². The second-order valence-electron chi connectivity index (χ2n) is 7.09. The van der Waals surface area contributed by atoms with Crippen molar-refractivity contribution in [3.05, 3.63) is 42.4 Å². The van der Waals surface area contributed by atoms with Crippen molar-refractivity contribution < 1.29 is 27.1 Å². The van der Waals surface area contributed by atoms with Gasteiger partial charge in [0.15, 0.2) is 21.3 Å². The number of carbonyl (C=O) groups excluding carboxylic acids is 1. The Hall–Kier alpha value is -2.68. The third-order valence-corrected chi connectivity index (χ3v) is 7.22. The van der Waals surface area contributed by atoms with Gasteiger partial charge in [0.25, 0.3) is 0 Å². The second-order valence-corrected chi connectivity index (χ2v) is 9.22. The number of likely N-dealkylation sites (tertiary alicyclic amines) is 1. The quantitative estimate of drug-likeness (QED) is 0.799. The van der Waals surface area contributed by atoms with Crippen molar-refractivity contribution in [1.29, 1.82) is 0 Å². The highest BCUT2D eigenvalue weighted by Gasteiger charge is 2.33. The zero-order valence-corrected chi connectivity index (χ0v) is 16.8. The summed E-state index contributed by atoms with van der Waals surface area (Å²) < 4.78 is 43.1. The van der Waals surface area contributed by atoms with Crippen LogP contribution in [0.5, 0.6) is 11.5 Å². The fraction of sp³-hybridized carbons (Fsp3) is 0.450. The summed E-state index contributed by atoms with van der Waals surface area (Å²) in [6, 6.07) is 7.53. The van der Waals surface area contributed by atoms with E-state index in [4.69, 9.17) is 13.9 Å². The summed E-state index contributed by atoms with van der Waals surface area (Å²) >= 11 is 0. The molecule has 3 heterocycles. The molecule has 2 aliphatic rings. The number of fused-ring (bicyclic) bond motifs is 1. The van der Waals surface area contributed by atoms with Crippen LogP contribution < -0.4 is 14.8 Å². The van der Waals surface area contributed by atoms with Crippen LogP contribution in [0.3, 0.4) is 0 Å². The molecule has 2 aromatic rings. The topological polar surface area (TPSA) is 98.1 Å². The zero-order valence-electron chi connectivity index (χ0n) is 16.0. The Morgan fingerprint density at radius 2 is 1.83 bits per heavy atom. The lowest BCUT2D eigenvalue weighted by atomic mass is 10.1. The Morgan fingerprint density at radius 1 is 1.07 bits per heavy atom. The van der Waals surface area contributed by atoms with Gasteiger partial charge in [-0.15, -0.1) is 0 Å². The average molecular weight is 420 g/mol. The minimum absolute atomic E-state index is 0.0837. The van der Waals surface area contributed by atoms with Crippen LogP contribution in [0.2, 0.25) is 0 Å². The molecule has 9 heteroatoms. The number of sulfone groups is 1. The molecular formula is C20H24N2O6S. The van der Waals surface area contributed by atoms with Gasteiger partial charge in [0.05, 0.1) is 11.2 Å². The van der Waals surface area contributed by atoms with Gasteiger partial charge in [0.1, 0.15) is 24.2 Å². The molecule has 2 aliphatic heterocycles. The van der Waals surface area contributed by atoms with Gasteiger partial charge in [-0.3, -0.25) is 0 Å². The molecule has 1 saturated heterocycles. The fourth-order valence-electron chi connectivity index (χ4n) is 3.59. The van der Waals surface area contributed by atoms with E-state index in [9.17, 15) is 13.2 Å². The van der Waals surface area contributed by atoms with E-state index in [0.717, 1.165) is 19.3 Å². The van der Waals surface area contributed by atoms with Crippen LogP contribution in [0.1, 0.15) is 30.3 Å². The van der Waals surface area contributed by atoms with Gasteiger partial charge >= 0.3 is 6.03 Å². The molecule has 0 unspecified atom stereocenters. The first-order chi connectivity index (χ1) is 14.1. The fourth-order valence-corrected chi connectivity index (χ4v) is 5.19. The molecule has 8 nitrogen and oxygen atoms in total. The predicted molar refractivity (Wildman–Crippen MR) is 105 cm³/mol. The van der Waals surface area contributed by atoms with Crippen molar-refractivity contribution in [2.24, 2.45) is 0 Å². The number of amides is 2. The number of furan rings is 1. The number of carbonyl (C=O) groups is 1. The molecule has 1 atom stereocenters. The molecular weight excluding hydrogens is 396 g/mol. The van der Waals surface area contributed by atoms with Gasteiger partial charge < -0.3 is 24.1 Å². The maximum atomic E-state index is 13.4. The van der Waals surface area contributed by atoms with E-state index in [1.807, 2.05) is 0 Å². The van der Waals surface area contributed by atoms with E-state index >= 15 is 0 Å². The third-order valence-electron chi connectivity index (χ3n) is 5.16. The van der Waals surface area contributed by atoms with Gasteiger partial charge in [0, 0.05) is 25.7 Å². The number of nitrogens with one attached hydrogen (secondary N) is 1. The number of hydrogen-bond donors (Lipinski definition) is 1. The molecule has 4 rings (SSSR count). The molecule has 1 fully saturated rings. The molecule has 0 aliphatic carbocycles. The summed E-state index contributed by atoms with van der Waals surface area (Å²) in [5.41, 5.74) is 0. The van der Waals surface area contributed by atoms with E-state index in [-0.39, 0.29) is 23.2 Å². The molecule has 1 N–H and O–H groups in total. The van der Waals surface area contributed by atoms with Crippen LogP contribution in [0, 0.1) is 0 Å². The zero-order chi connectivity index (χ0) is 20.3. The minimum atomic E-state index is -3.85. The van der Waals surface area contributed by atoms with Crippen molar-refractivity contribution in [3.63, 3.8) is 0 Å². The van der Waals surface area contributed by atoms with Gasteiger partial charge in [-0.1, -0.05) is 0 Å². The molecule has 29 heavy (non-hydrogen) atoms. The lowest BCUT2D eigenvalue weighted by Gasteiger charge is -2.27. The highest BCUT2D eigenvalue weighted by molar-refractivity contribution is 7.91. The van der Waals surface area contributed by atoms with Crippen LogP contribution in [0.25, 0.3) is 0 Å². The molecule has 0 saturated carbocycles. The highest BCUT2D eigenvalue weighted by Crippen LogP contribution is 2.36. The first kappa shape index (κ1) is 19.6. The Bertz CT molecular complexity index is 951. The monoisotopic (exact) mass is 420 g/mol. The van der Waals surface area contributed by atoms with Crippen molar-refractivity contribution in [1.82, 2.24) is 10.2 Å². The number of benzene rings is 1. The molecule has 0 spiro atoms. The second kappa shape index (κ2) is 8.36. The Kier molecular flexibility index (Phi) is 5.66. The van der Waals surface area contributed by atoms with Crippen LogP contribution in [-0.2, 0) is 9.84 Å². The Balaban J connectivity index is 1.57. The van der Waals surface area contributed by atoms with E-state index in [1.165, 1.54) is 18.4 Å². The number of ether oxygens (including phenoxy) is 2. The van der Waals surface area contributed by atoms with Crippen LogP contribution in [0.15, 0.2) is 45.9 Å². The summed E-state index contributed by atoms with van der Waals surface area (Å²) in [6.45, 7) is 2.08. The van der Waals surface area contributed by atoms with Crippen LogP contribution in [0.4, 0.5) is 4.79 Å². The molecule has 0 bridgehead atoms. The molecule has 2 amide bonds. The maximum absolute atomic E-state index is 13.4. The van der Waals surface area contributed by atoms with Crippen molar-refractivity contribution >= 4 is 15.9 Å². The van der Waals surface area contributed by atoms with Gasteiger partial charge in [0.2, 0.25) is 0 Å². The largest absolute Gasteiger partial charge is 0.486 e. The van der Waals surface area contributed by atoms with Crippen LogP contribution in [-0.4, -0.2) is 52.2 Å². The minimum Gasteiger partial charge on any atom is -0.486 e. The van der Waals surface area contributed by atoms with E-state index in [1.54, 1.807) is 23.1 Å². The maximum Gasteiger partial charge on any atom is 0.317 e. The summed E-state index contributed by atoms with van der Waals surface area (Å²) in [5.74, 6) is 1.19. The molecule has 156 valence electrons. The van der Waals surface area contributed by atoms with Gasteiger partial charge in [-0.05, 0) is 43.5 Å². The number of urea groups is 1. The SMILES string of the molecule is O=C(NC[C@@H](c1ccco1)S(=O)(=O)c1ccc2c(c1)OCCO2)N1CCCCC1. The normalized spacial score (nSPS) is 17.6. The van der Waals surface area contributed by atoms with Crippen molar-refractivity contribution in [2.75, 3.05) is 32.8 Å². The lowest BCUT2D eigenvalue weighted by molar-refractivity contribution is 0.171. The summed E-state index contributed by atoms with van der Waals surface area (Å²) in [7, 11) is -3.85. The molecule has 1 aromatic heterocycles. The van der Waals surface area contributed by atoms with E-state index in [0.29, 0.717) is 37.8 Å². The predicted octanol–water partition coefficient (Wildman–Crippen LogP) is 2.76. The Labute approximate surface area is 169 Å². The number of rotatable bonds is 5. The highest BCUT2D eigenvalue weighted by atomic mass is 32.2. The molecule has 1 aromatic carbocycles. The summed E-state index contributed by atoms with van der Waals surface area (Å²) in [5, 5.41) is 1.72. The van der Waals surface area contributed by atoms with Gasteiger partial charge in [-0.2, -0.15) is 0 Å². The standard InChI is InChI=1S/C20H24N2O6S/c23-20(22-8-2-1-3-9-22)21-14-19(17-5-4-10-26-17)29(24,25)15-6-7-16-18(13-15)28-12-11-27-16/h4-7,10,13,19H,1-3,8-9,11-12,14H2,(H,21,23)/t19-/m0/s1. The van der Waals surface area contributed by atoms with Crippen molar-refractivity contribution in [3.8, 4) is 11.5 Å². The lowest BCUT2D eigenvalue weighted by Crippen LogP contribution is -2.44. The first-order valence-corrected chi connectivity index (χ1v) is 11.3. The molecule has 0 radical (unpaired) electrons. The van der Waals surface area contributed by atoms with E-state index in [2.05, 4.69) is 5.32 Å². The smallest absolute Gasteiger partial charge is 0.317 e. The number of hydrogen-bond acceptors (Lipinski definition) is 6. The summed E-state index contributed by atoms with van der Waals surface area (Å²) in [6.07, 6.45) is 4.46. The third kappa shape index (κ3) is 4.19. The van der Waals surface area contributed by atoms with Crippen LogP contribution >= 0.6 is 0 Å². The first-order valence-electron chi connectivity index (χ1n) is 9.75.